The first-order chi connectivity index (χ1) is 7.19. The first kappa shape index (κ1) is 12.3. The van der Waals surface area contributed by atoms with Crippen LogP contribution in [0.1, 0.15) is 6.42 Å². The quantitative estimate of drug-likeness (QED) is 0.791. The summed E-state index contributed by atoms with van der Waals surface area (Å²) in [7, 11) is 1.60. The molecule has 1 rings (SSSR count). The molecule has 0 spiro atoms. The van der Waals surface area contributed by atoms with Crippen molar-refractivity contribution in [1.82, 2.24) is 0 Å². The van der Waals surface area contributed by atoms with Crippen LogP contribution in [0.5, 0.6) is 11.5 Å². The molecule has 0 radical (unpaired) electrons. The zero-order valence-electron chi connectivity index (χ0n) is 8.09. The monoisotopic (exact) mass is 333 g/mol. The third kappa shape index (κ3) is 3.40. The van der Waals surface area contributed by atoms with Crippen LogP contribution in [-0.4, -0.2) is 13.7 Å². The number of hydrogen-bond acceptors (Lipinski definition) is 3. The Bertz CT molecular complexity index is 388. The molecule has 0 unspecified atom stereocenters. The van der Waals surface area contributed by atoms with E-state index in [1.54, 1.807) is 13.2 Å². The van der Waals surface area contributed by atoms with E-state index in [9.17, 15) is 0 Å². The molecule has 0 heterocycles. The van der Waals surface area contributed by atoms with Gasteiger partial charge in [0.05, 0.1) is 28.5 Å². The van der Waals surface area contributed by atoms with E-state index in [0.717, 1.165) is 14.7 Å². The summed E-state index contributed by atoms with van der Waals surface area (Å²) in [5.74, 6) is 1.42. The van der Waals surface area contributed by atoms with Gasteiger partial charge in [0.15, 0.2) is 0 Å². The van der Waals surface area contributed by atoms with Crippen molar-refractivity contribution in [3.05, 3.63) is 21.1 Å². The van der Waals surface area contributed by atoms with E-state index in [2.05, 4.69) is 31.9 Å². The van der Waals surface area contributed by atoms with Gasteiger partial charge in [0.2, 0.25) is 0 Å². The van der Waals surface area contributed by atoms with Gasteiger partial charge in [-0.25, -0.2) is 0 Å². The maximum absolute atomic E-state index is 8.38. The normalized spacial score (nSPS) is 9.47. The maximum Gasteiger partial charge on any atom is 0.134 e. The Kier molecular flexibility index (Phi) is 4.92. The van der Waals surface area contributed by atoms with Crippen molar-refractivity contribution < 1.29 is 9.47 Å². The van der Waals surface area contributed by atoms with E-state index in [1.165, 1.54) is 0 Å². The molecule has 3 nitrogen and oxygen atoms in total. The van der Waals surface area contributed by atoms with Crippen molar-refractivity contribution >= 4 is 31.9 Å². The summed E-state index contributed by atoms with van der Waals surface area (Å²) in [4.78, 5) is 0. The van der Waals surface area contributed by atoms with Crippen LogP contribution in [0.15, 0.2) is 21.1 Å². The topological polar surface area (TPSA) is 42.2 Å². The SMILES string of the molecule is COc1cc(Br)c(OCCC#N)cc1Br. The van der Waals surface area contributed by atoms with Gasteiger partial charge < -0.3 is 9.47 Å². The van der Waals surface area contributed by atoms with Crippen LogP contribution < -0.4 is 9.47 Å². The highest BCUT2D eigenvalue weighted by Crippen LogP contribution is 2.35. The predicted octanol–water partition coefficient (Wildman–Crippen LogP) is 3.51. The molecule has 0 bridgehead atoms. The fourth-order valence-corrected chi connectivity index (χ4v) is 1.91. The Morgan fingerprint density at radius 1 is 1.27 bits per heavy atom. The van der Waals surface area contributed by atoms with Crippen molar-refractivity contribution in [2.24, 2.45) is 0 Å². The van der Waals surface area contributed by atoms with Crippen LogP contribution in [0, 0.1) is 11.3 Å². The first-order valence-electron chi connectivity index (χ1n) is 4.21. The van der Waals surface area contributed by atoms with Crippen molar-refractivity contribution in [2.75, 3.05) is 13.7 Å². The molecule has 0 atom stereocenters. The molecule has 0 saturated carbocycles. The van der Waals surface area contributed by atoms with E-state index in [-0.39, 0.29) is 0 Å². The molecule has 0 fully saturated rings. The number of nitrogens with zero attached hydrogens (tertiary/aromatic N) is 1. The lowest BCUT2D eigenvalue weighted by molar-refractivity contribution is 0.323. The minimum atomic E-state index is 0.371. The van der Waals surface area contributed by atoms with Crippen molar-refractivity contribution in [3.63, 3.8) is 0 Å². The Balaban J connectivity index is 2.81. The smallest absolute Gasteiger partial charge is 0.134 e. The summed E-state index contributed by atoms with van der Waals surface area (Å²) in [5.41, 5.74) is 0. The van der Waals surface area contributed by atoms with Gasteiger partial charge in [0, 0.05) is 0 Å². The molecule has 5 heteroatoms. The fraction of sp³-hybridized carbons (Fsp3) is 0.300. The number of ether oxygens (including phenoxy) is 2. The van der Waals surface area contributed by atoms with Gasteiger partial charge in [-0.2, -0.15) is 5.26 Å². The minimum Gasteiger partial charge on any atom is -0.496 e. The minimum absolute atomic E-state index is 0.371. The predicted molar refractivity (Wildman–Crippen MR) is 64.1 cm³/mol. The lowest BCUT2D eigenvalue weighted by Gasteiger charge is -2.09. The van der Waals surface area contributed by atoms with E-state index in [0.29, 0.717) is 18.8 Å². The summed E-state index contributed by atoms with van der Waals surface area (Å²) in [6.07, 6.45) is 0.371. The van der Waals surface area contributed by atoms with E-state index in [1.807, 2.05) is 12.1 Å². The second-order valence-corrected chi connectivity index (χ2v) is 4.38. The highest BCUT2D eigenvalue weighted by molar-refractivity contribution is 9.11. The average molecular weight is 335 g/mol. The Morgan fingerprint density at radius 3 is 2.47 bits per heavy atom. The van der Waals surface area contributed by atoms with E-state index >= 15 is 0 Å². The number of hydrogen-bond donors (Lipinski definition) is 0. The number of benzene rings is 1. The van der Waals surface area contributed by atoms with Crippen LogP contribution in [0.25, 0.3) is 0 Å². The van der Waals surface area contributed by atoms with Crippen molar-refractivity contribution in [2.45, 2.75) is 6.42 Å². The first-order valence-corrected chi connectivity index (χ1v) is 5.80. The third-order valence-corrected chi connectivity index (χ3v) is 2.92. The van der Waals surface area contributed by atoms with Crippen LogP contribution in [-0.2, 0) is 0 Å². The van der Waals surface area contributed by atoms with Crippen molar-refractivity contribution in [3.8, 4) is 17.6 Å². The van der Waals surface area contributed by atoms with E-state index in [4.69, 9.17) is 14.7 Å². The highest BCUT2D eigenvalue weighted by atomic mass is 79.9. The van der Waals surface area contributed by atoms with Crippen LogP contribution in [0.3, 0.4) is 0 Å². The molecule has 0 aliphatic rings. The highest BCUT2D eigenvalue weighted by Gasteiger charge is 2.07. The molecule has 0 aliphatic carbocycles. The molecule has 0 N–H and O–H groups in total. The van der Waals surface area contributed by atoms with Gasteiger partial charge in [-0.15, -0.1) is 0 Å². The standard InChI is InChI=1S/C10H9Br2NO2/c1-14-9-5-8(12)10(6-7(9)11)15-4-2-3-13/h5-6H,2,4H2,1H3. The largest absolute Gasteiger partial charge is 0.496 e. The molecule has 0 aromatic heterocycles. The van der Waals surface area contributed by atoms with Gasteiger partial charge in [0.1, 0.15) is 18.1 Å². The van der Waals surface area contributed by atoms with Gasteiger partial charge in [-0.3, -0.25) is 0 Å². The molecule has 15 heavy (non-hydrogen) atoms. The van der Waals surface area contributed by atoms with Gasteiger partial charge in [-0.1, -0.05) is 0 Å². The number of halogens is 2. The van der Waals surface area contributed by atoms with Crippen LogP contribution in [0.2, 0.25) is 0 Å². The zero-order valence-corrected chi connectivity index (χ0v) is 11.3. The lowest BCUT2D eigenvalue weighted by Crippen LogP contribution is -1.97. The molecular weight excluding hydrogens is 326 g/mol. The summed E-state index contributed by atoms with van der Waals surface area (Å²) in [5, 5.41) is 8.38. The van der Waals surface area contributed by atoms with Crippen LogP contribution >= 0.6 is 31.9 Å². The molecular formula is C10H9Br2NO2. The molecule has 0 saturated heterocycles. The molecule has 80 valence electrons. The third-order valence-electron chi connectivity index (χ3n) is 1.68. The number of rotatable bonds is 4. The number of nitriles is 1. The zero-order chi connectivity index (χ0) is 11.3. The Labute approximate surface area is 105 Å². The Hall–Kier alpha value is -0.730. The Morgan fingerprint density at radius 2 is 1.87 bits per heavy atom. The van der Waals surface area contributed by atoms with Crippen molar-refractivity contribution in [1.29, 1.82) is 5.26 Å². The average Bonchev–Trinajstić information content (AvgIpc) is 2.23. The molecule has 1 aromatic rings. The lowest BCUT2D eigenvalue weighted by atomic mass is 10.3. The second kappa shape index (κ2) is 5.99. The molecule has 1 aromatic carbocycles. The summed E-state index contributed by atoms with van der Waals surface area (Å²) in [6, 6.07) is 5.64. The van der Waals surface area contributed by atoms with Gasteiger partial charge >= 0.3 is 0 Å². The number of methoxy groups -OCH3 is 1. The summed E-state index contributed by atoms with van der Waals surface area (Å²) in [6.45, 7) is 0.383. The van der Waals surface area contributed by atoms with Crippen LogP contribution in [0.4, 0.5) is 0 Å². The summed E-state index contributed by atoms with van der Waals surface area (Å²) < 4.78 is 12.1. The van der Waals surface area contributed by atoms with E-state index < -0.39 is 0 Å². The van der Waals surface area contributed by atoms with Gasteiger partial charge in [0.25, 0.3) is 0 Å². The molecule has 0 aliphatic heterocycles. The fourth-order valence-electron chi connectivity index (χ4n) is 0.984. The van der Waals surface area contributed by atoms with Gasteiger partial charge in [-0.05, 0) is 44.0 Å². The maximum atomic E-state index is 8.38. The second-order valence-electron chi connectivity index (χ2n) is 2.67. The summed E-state index contributed by atoms with van der Waals surface area (Å²) >= 11 is 6.73. The molecule has 0 amide bonds.